The van der Waals surface area contributed by atoms with Crippen LogP contribution in [0.15, 0.2) is 64.6 Å². The van der Waals surface area contributed by atoms with Gasteiger partial charge in [0, 0.05) is 24.7 Å². The Morgan fingerprint density at radius 3 is 2.00 bits per heavy atom. The van der Waals surface area contributed by atoms with E-state index in [0.29, 0.717) is 11.3 Å². The number of carboxylic acid groups (broad SMARTS) is 2. The fraction of sp³-hybridized carbons (Fsp3) is 0.0556. The molecule has 0 radical (unpaired) electrons. The second-order valence-electron chi connectivity index (χ2n) is 5.38. The van der Waals surface area contributed by atoms with Gasteiger partial charge in [-0.1, -0.05) is 0 Å². The third-order valence-electron chi connectivity index (χ3n) is 3.34. The predicted octanol–water partition coefficient (Wildman–Crippen LogP) is 1.31. The number of carbonyl (C=O) groups is 2. The maximum absolute atomic E-state index is 11.3. The molecule has 0 fully saturated rings. The number of aromatic nitrogens is 3. The Morgan fingerprint density at radius 2 is 1.52 bits per heavy atom. The Labute approximate surface area is 152 Å². The van der Waals surface area contributed by atoms with E-state index < -0.39 is 23.2 Å². The first-order chi connectivity index (χ1) is 12.8. The van der Waals surface area contributed by atoms with Crippen LogP contribution in [-0.4, -0.2) is 36.7 Å². The van der Waals surface area contributed by atoms with Crippen molar-refractivity contribution in [1.29, 1.82) is 0 Å². The van der Waals surface area contributed by atoms with E-state index >= 15 is 0 Å². The number of benzene rings is 1. The van der Waals surface area contributed by atoms with Gasteiger partial charge in [-0.05, 0) is 42.8 Å². The van der Waals surface area contributed by atoms with Crippen molar-refractivity contribution in [3.8, 4) is 5.69 Å². The predicted molar refractivity (Wildman–Crippen MR) is 95.6 cm³/mol. The number of hydrogen-bond acceptors (Lipinski definition) is 5. The zero-order chi connectivity index (χ0) is 20.0. The minimum atomic E-state index is -1.12. The molecule has 1 aromatic carbocycles. The SMILES string of the molecule is Cc1cc(C(=O)O)cc(C(=O)O)c1.O=c1ccn(-c2ccncc2)c(=O)[nH]1. The number of aromatic carboxylic acids is 2. The van der Waals surface area contributed by atoms with E-state index in [1.165, 1.54) is 29.0 Å². The van der Waals surface area contributed by atoms with E-state index in [2.05, 4.69) is 9.97 Å². The molecule has 0 atom stereocenters. The first-order valence-corrected chi connectivity index (χ1v) is 7.58. The van der Waals surface area contributed by atoms with Gasteiger partial charge in [0.25, 0.3) is 5.56 Å². The minimum Gasteiger partial charge on any atom is -0.478 e. The number of aryl methyl sites for hydroxylation is 1. The highest BCUT2D eigenvalue weighted by Crippen LogP contribution is 2.09. The summed E-state index contributed by atoms with van der Waals surface area (Å²) in [6.07, 6.45) is 4.58. The third kappa shape index (κ3) is 5.23. The lowest BCUT2D eigenvalue weighted by Crippen LogP contribution is -2.27. The van der Waals surface area contributed by atoms with Crippen LogP contribution in [0, 0.1) is 6.92 Å². The van der Waals surface area contributed by atoms with Crippen LogP contribution in [0.2, 0.25) is 0 Å². The van der Waals surface area contributed by atoms with Gasteiger partial charge in [0.2, 0.25) is 0 Å². The van der Waals surface area contributed by atoms with E-state index in [1.54, 1.807) is 31.5 Å². The summed E-state index contributed by atoms with van der Waals surface area (Å²) >= 11 is 0. The third-order valence-corrected chi connectivity index (χ3v) is 3.34. The number of nitrogens with one attached hydrogen (secondary N) is 1. The summed E-state index contributed by atoms with van der Waals surface area (Å²) in [6.45, 7) is 1.65. The normalized spacial score (nSPS) is 9.81. The van der Waals surface area contributed by atoms with Crippen LogP contribution in [-0.2, 0) is 0 Å². The molecule has 27 heavy (non-hydrogen) atoms. The molecule has 3 rings (SSSR count). The van der Waals surface area contributed by atoms with E-state index in [9.17, 15) is 19.2 Å². The van der Waals surface area contributed by atoms with Crippen LogP contribution in [0.3, 0.4) is 0 Å². The maximum Gasteiger partial charge on any atom is 0.335 e. The summed E-state index contributed by atoms with van der Waals surface area (Å²) in [7, 11) is 0. The fourth-order valence-corrected chi connectivity index (χ4v) is 2.16. The van der Waals surface area contributed by atoms with Gasteiger partial charge in [-0.3, -0.25) is 19.3 Å². The van der Waals surface area contributed by atoms with Crippen molar-refractivity contribution in [2.75, 3.05) is 0 Å². The standard InChI is InChI=1S/C9H7N3O2.C9H8O4/c13-8-3-6-12(9(14)11-8)7-1-4-10-5-2-7;1-5-2-6(8(10)11)4-7(3-5)9(12)13/h1-6H,(H,11,13,14);2-4H,1H3,(H,10,11)(H,12,13). The smallest absolute Gasteiger partial charge is 0.335 e. The van der Waals surface area contributed by atoms with Gasteiger partial charge in [0.1, 0.15) is 0 Å². The van der Waals surface area contributed by atoms with Crippen molar-refractivity contribution in [1.82, 2.24) is 14.5 Å². The van der Waals surface area contributed by atoms with Gasteiger partial charge < -0.3 is 10.2 Å². The Morgan fingerprint density at radius 1 is 0.963 bits per heavy atom. The summed E-state index contributed by atoms with van der Waals surface area (Å²) in [4.78, 5) is 49.2. The van der Waals surface area contributed by atoms with E-state index in [4.69, 9.17) is 10.2 Å². The van der Waals surface area contributed by atoms with Crippen LogP contribution in [0.25, 0.3) is 5.69 Å². The summed E-state index contributed by atoms with van der Waals surface area (Å²) in [5.74, 6) is -2.24. The average molecular weight is 369 g/mol. The lowest BCUT2D eigenvalue weighted by Gasteiger charge is -2.01. The van der Waals surface area contributed by atoms with Crippen molar-refractivity contribution in [3.05, 3.63) is 92.5 Å². The minimum absolute atomic E-state index is 0.00241. The maximum atomic E-state index is 11.3. The number of carboxylic acids is 2. The molecule has 0 spiro atoms. The van der Waals surface area contributed by atoms with E-state index in [1.807, 2.05) is 0 Å². The van der Waals surface area contributed by atoms with Gasteiger partial charge in [-0.15, -0.1) is 0 Å². The lowest BCUT2D eigenvalue weighted by atomic mass is 10.1. The molecule has 0 bridgehead atoms. The Balaban J connectivity index is 0.000000194. The largest absolute Gasteiger partial charge is 0.478 e. The van der Waals surface area contributed by atoms with Crippen molar-refractivity contribution in [3.63, 3.8) is 0 Å². The van der Waals surface area contributed by atoms with Crippen LogP contribution >= 0.6 is 0 Å². The molecule has 0 aliphatic heterocycles. The number of pyridine rings is 1. The number of H-pyrrole nitrogens is 1. The molecule has 0 amide bonds. The number of hydrogen-bond donors (Lipinski definition) is 3. The monoisotopic (exact) mass is 369 g/mol. The molecule has 3 aromatic rings. The highest BCUT2D eigenvalue weighted by molar-refractivity contribution is 5.94. The molecule has 0 saturated carbocycles. The molecule has 0 saturated heterocycles. The van der Waals surface area contributed by atoms with Gasteiger partial charge in [0.15, 0.2) is 0 Å². The lowest BCUT2D eigenvalue weighted by molar-refractivity contribution is 0.0696. The molecule has 0 unspecified atom stereocenters. The Bertz CT molecular complexity index is 1050. The molecule has 2 aromatic heterocycles. The van der Waals surface area contributed by atoms with Crippen LogP contribution in [0.4, 0.5) is 0 Å². The topological polar surface area (TPSA) is 142 Å². The zero-order valence-electron chi connectivity index (χ0n) is 14.1. The first-order valence-electron chi connectivity index (χ1n) is 7.58. The molecular formula is C18H15N3O6. The molecule has 9 nitrogen and oxygen atoms in total. The highest BCUT2D eigenvalue weighted by Gasteiger charge is 2.09. The van der Waals surface area contributed by atoms with E-state index in [0.717, 1.165) is 6.07 Å². The molecule has 138 valence electrons. The van der Waals surface area contributed by atoms with Crippen LogP contribution in [0.1, 0.15) is 26.3 Å². The Kier molecular flexibility index (Phi) is 6.00. The van der Waals surface area contributed by atoms with Crippen molar-refractivity contribution >= 4 is 11.9 Å². The first kappa shape index (κ1) is 19.3. The van der Waals surface area contributed by atoms with Gasteiger partial charge in [-0.25, -0.2) is 14.4 Å². The Hall–Kier alpha value is -4.01. The van der Waals surface area contributed by atoms with Crippen molar-refractivity contribution in [2.45, 2.75) is 6.92 Å². The molecular weight excluding hydrogens is 354 g/mol. The molecule has 2 heterocycles. The van der Waals surface area contributed by atoms with Gasteiger partial charge in [0.05, 0.1) is 16.8 Å². The highest BCUT2D eigenvalue weighted by atomic mass is 16.4. The number of aromatic amines is 1. The molecule has 3 N–H and O–H groups in total. The van der Waals surface area contributed by atoms with Crippen LogP contribution < -0.4 is 11.2 Å². The van der Waals surface area contributed by atoms with E-state index in [-0.39, 0.29) is 11.1 Å². The number of rotatable bonds is 3. The summed E-state index contributed by atoms with van der Waals surface area (Å²) < 4.78 is 1.34. The zero-order valence-corrected chi connectivity index (χ0v) is 14.1. The molecule has 0 aliphatic rings. The van der Waals surface area contributed by atoms with Crippen molar-refractivity contribution < 1.29 is 19.8 Å². The molecule has 0 aliphatic carbocycles. The second kappa shape index (κ2) is 8.39. The van der Waals surface area contributed by atoms with Gasteiger partial charge >= 0.3 is 17.6 Å². The summed E-state index contributed by atoms with van der Waals surface area (Å²) in [5.41, 5.74) is 0.428. The van der Waals surface area contributed by atoms with Crippen molar-refractivity contribution in [2.24, 2.45) is 0 Å². The quantitative estimate of drug-likeness (QED) is 0.632. The fourth-order valence-electron chi connectivity index (χ4n) is 2.16. The summed E-state index contributed by atoms with van der Waals surface area (Å²) in [5, 5.41) is 17.2. The second-order valence-corrected chi connectivity index (χ2v) is 5.38. The van der Waals surface area contributed by atoms with Crippen LogP contribution in [0.5, 0.6) is 0 Å². The number of nitrogens with zero attached hydrogens (tertiary/aromatic N) is 2. The summed E-state index contributed by atoms with van der Waals surface area (Å²) in [6, 6.07) is 8.64. The molecule has 9 heteroatoms. The average Bonchev–Trinajstić information content (AvgIpc) is 2.62. The van der Waals surface area contributed by atoms with Gasteiger partial charge in [-0.2, -0.15) is 0 Å².